The van der Waals surface area contributed by atoms with E-state index in [4.69, 9.17) is 9.73 Å². The van der Waals surface area contributed by atoms with Crippen LogP contribution in [0.15, 0.2) is 0 Å². The second-order valence-electron chi connectivity index (χ2n) is 6.07. The highest BCUT2D eigenvalue weighted by Gasteiger charge is 2.24. The van der Waals surface area contributed by atoms with Crippen molar-refractivity contribution in [1.82, 2.24) is 10.7 Å². The summed E-state index contributed by atoms with van der Waals surface area (Å²) in [6.45, 7) is 4.58. The zero-order valence-corrected chi connectivity index (χ0v) is 14.2. The van der Waals surface area contributed by atoms with Gasteiger partial charge in [0.2, 0.25) is 0 Å². The first-order valence-corrected chi connectivity index (χ1v) is 8.95. The molecule has 6 nitrogen and oxygen atoms in total. The molecule has 1 saturated heterocycles. The number of hydrogen-bond donors (Lipinski definition) is 1. The van der Waals surface area contributed by atoms with Gasteiger partial charge in [0, 0.05) is 6.04 Å². The van der Waals surface area contributed by atoms with Gasteiger partial charge in [-0.1, -0.05) is 77.0 Å². The molecule has 1 aliphatic heterocycles. The van der Waals surface area contributed by atoms with E-state index in [1.807, 2.05) is 0 Å². The van der Waals surface area contributed by atoms with Gasteiger partial charge in [-0.2, -0.15) is 0 Å². The van der Waals surface area contributed by atoms with Crippen LogP contribution in [0.2, 0.25) is 0 Å². The topological polar surface area (TPSA) is 66.0 Å². The van der Waals surface area contributed by atoms with Gasteiger partial charge in [-0.15, -0.1) is 4.99 Å². The lowest BCUT2D eigenvalue weighted by Crippen LogP contribution is -2.46. The summed E-state index contributed by atoms with van der Waals surface area (Å²) >= 11 is 0. The molecule has 0 spiro atoms. The molecule has 2 atom stereocenters. The summed E-state index contributed by atoms with van der Waals surface area (Å²) in [5, 5.41) is 14.4. The number of hydrogen-bond acceptors (Lipinski definition) is 6. The SMILES string of the molecule is CCCCCCCC1NCON([O-])OOC1CCCCCC. The molecule has 0 saturated carbocycles. The lowest BCUT2D eigenvalue weighted by molar-refractivity contribution is -0.525. The van der Waals surface area contributed by atoms with Crippen LogP contribution < -0.4 is 5.32 Å². The molecule has 0 aliphatic carbocycles. The third-order valence-corrected chi connectivity index (χ3v) is 4.15. The normalized spacial score (nSPS) is 24.1. The van der Waals surface area contributed by atoms with E-state index in [1.54, 1.807) is 0 Å². The van der Waals surface area contributed by atoms with E-state index in [1.165, 1.54) is 44.9 Å². The van der Waals surface area contributed by atoms with Gasteiger partial charge < -0.3 is 5.21 Å². The van der Waals surface area contributed by atoms with Crippen molar-refractivity contribution in [3.63, 3.8) is 0 Å². The molecule has 132 valence electrons. The fraction of sp³-hybridized carbons (Fsp3) is 1.00. The van der Waals surface area contributed by atoms with Crippen molar-refractivity contribution in [2.75, 3.05) is 6.73 Å². The number of rotatable bonds is 11. The van der Waals surface area contributed by atoms with Gasteiger partial charge in [0.15, 0.2) is 0 Å². The van der Waals surface area contributed by atoms with Crippen LogP contribution in [-0.4, -0.2) is 24.3 Å². The van der Waals surface area contributed by atoms with Gasteiger partial charge in [-0.05, 0) is 12.8 Å². The minimum atomic E-state index is -0.0941. The summed E-state index contributed by atoms with van der Waals surface area (Å²) < 4.78 is 0. The van der Waals surface area contributed by atoms with Gasteiger partial charge in [0.05, 0.1) is 0 Å². The quantitative estimate of drug-likeness (QED) is 0.455. The van der Waals surface area contributed by atoms with Crippen molar-refractivity contribution in [2.24, 2.45) is 0 Å². The first-order valence-electron chi connectivity index (χ1n) is 8.95. The van der Waals surface area contributed by atoms with Gasteiger partial charge in [-0.3, -0.25) is 10.2 Å². The van der Waals surface area contributed by atoms with E-state index in [2.05, 4.69) is 24.2 Å². The highest BCUT2D eigenvalue weighted by Crippen LogP contribution is 2.19. The number of unbranched alkanes of at least 4 members (excludes halogenated alkanes) is 7. The van der Waals surface area contributed by atoms with Crippen molar-refractivity contribution in [3.05, 3.63) is 5.21 Å². The Labute approximate surface area is 134 Å². The summed E-state index contributed by atoms with van der Waals surface area (Å²) in [6.07, 6.45) is 12.8. The zero-order chi connectivity index (χ0) is 16.0. The molecule has 22 heavy (non-hydrogen) atoms. The molecule has 0 aromatic rings. The second kappa shape index (κ2) is 13.2. The van der Waals surface area contributed by atoms with Crippen LogP contribution in [0.4, 0.5) is 0 Å². The molecule has 0 aromatic carbocycles. The van der Waals surface area contributed by atoms with Crippen molar-refractivity contribution in [1.29, 1.82) is 0 Å². The monoisotopic (exact) mass is 317 g/mol. The Morgan fingerprint density at radius 2 is 1.59 bits per heavy atom. The predicted octanol–water partition coefficient (Wildman–Crippen LogP) is 4.21. The standard InChI is InChI=1S/C16H33N2O4/c1-3-5-7-9-10-12-15-16(13-11-8-6-4-2)21-22-18(19)20-14-17-15/h15-17H,3-14H2,1-2H3/q-1. The highest BCUT2D eigenvalue weighted by molar-refractivity contribution is 4.76. The molecule has 1 N–H and O–H groups in total. The van der Waals surface area contributed by atoms with Crippen LogP contribution in [0, 0.1) is 5.21 Å². The van der Waals surface area contributed by atoms with Gasteiger partial charge in [0.1, 0.15) is 12.8 Å². The molecule has 0 bridgehead atoms. The summed E-state index contributed by atoms with van der Waals surface area (Å²) in [5.41, 5.74) is 0. The van der Waals surface area contributed by atoms with E-state index in [0.717, 1.165) is 25.7 Å². The van der Waals surface area contributed by atoms with Crippen molar-refractivity contribution >= 4 is 0 Å². The number of nitrogens with one attached hydrogen (secondary N) is 1. The smallest absolute Gasteiger partial charge is 0.121 e. The molecule has 0 aromatic heterocycles. The molecular formula is C16H33N2O4-. The lowest BCUT2D eigenvalue weighted by atomic mass is 9.98. The molecule has 0 radical (unpaired) electrons. The van der Waals surface area contributed by atoms with Crippen molar-refractivity contribution in [3.8, 4) is 0 Å². The molecule has 6 heteroatoms. The predicted molar refractivity (Wildman–Crippen MR) is 86.2 cm³/mol. The van der Waals surface area contributed by atoms with Crippen LogP contribution in [0.3, 0.4) is 0 Å². The summed E-state index contributed by atoms with van der Waals surface area (Å²) in [4.78, 5) is 14.7. The maximum absolute atomic E-state index is 11.1. The summed E-state index contributed by atoms with van der Waals surface area (Å²) in [6, 6.07) is 0.178. The Balaban J connectivity index is 2.35. The molecule has 0 amide bonds. The van der Waals surface area contributed by atoms with E-state index in [-0.39, 0.29) is 24.3 Å². The molecule has 1 fully saturated rings. The molecule has 1 rings (SSSR count). The number of nitrogens with zero attached hydrogens (tertiary/aromatic N) is 1. The Hall–Kier alpha value is -0.240. The maximum Gasteiger partial charge on any atom is 0.121 e. The molecule has 1 heterocycles. The van der Waals surface area contributed by atoms with Gasteiger partial charge >= 0.3 is 0 Å². The summed E-state index contributed by atoms with van der Waals surface area (Å²) in [7, 11) is 0. The summed E-state index contributed by atoms with van der Waals surface area (Å²) in [5.74, 6) is 0. The second-order valence-corrected chi connectivity index (χ2v) is 6.07. The van der Waals surface area contributed by atoms with Crippen LogP contribution in [0.25, 0.3) is 0 Å². The Kier molecular flexibility index (Phi) is 11.9. The van der Waals surface area contributed by atoms with E-state index >= 15 is 0 Å². The lowest BCUT2D eigenvalue weighted by Gasteiger charge is -2.34. The Morgan fingerprint density at radius 3 is 2.32 bits per heavy atom. The minimum Gasteiger partial charge on any atom is -0.736 e. The third kappa shape index (κ3) is 9.02. The molecular weight excluding hydrogens is 284 g/mol. The average molecular weight is 317 g/mol. The van der Waals surface area contributed by atoms with Crippen molar-refractivity contribution in [2.45, 2.75) is 96.6 Å². The Morgan fingerprint density at radius 1 is 0.955 bits per heavy atom. The zero-order valence-electron chi connectivity index (χ0n) is 14.2. The Bertz CT molecular complexity index is 256. The van der Waals surface area contributed by atoms with Crippen LogP contribution in [0.1, 0.15) is 84.5 Å². The average Bonchev–Trinajstić information content (AvgIpc) is 2.51. The van der Waals surface area contributed by atoms with Crippen LogP contribution in [0.5, 0.6) is 0 Å². The van der Waals surface area contributed by atoms with E-state index in [9.17, 15) is 5.21 Å². The van der Waals surface area contributed by atoms with Gasteiger partial charge in [0.25, 0.3) is 0 Å². The fourth-order valence-corrected chi connectivity index (χ4v) is 2.78. The largest absolute Gasteiger partial charge is 0.736 e. The molecule has 2 unspecified atom stereocenters. The fourth-order valence-electron chi connectivity index (χ4n) is 2.78. The van der Waals surface area contributed by atoms with E-state index < -0.39 is 0 Å². The highest BCUT2D eigenvalue weighted by atomic mass is 17.4. The van der Waals surface area contributed by atoms with Crippen LogP contribution >= 0.6 is 0 Å². The maximum atomic E-state index is 11.1. The van der Waals surface area contributed by atoms with Crippen molar-refractivity contribution < 1.29 is 14.7 Å². The first-order chi connectivity index (χ1) is 10.8. The van der Waals surface area contributed by atoms with E-state index in [0.29, 0.717) is 0 Å². The molecule has 1 aliphatic rings. The van der Waals surface area contributed by atoms with Crippen LogP contribution in [-0.2, 0) is 14.7 Å². The third-order valence-electron chi connectivity index (χ3n) is 4.15. The minimum absolute atomic E-state index is 0.0313. The first kappa shape index (κ1) is 19.8. The van der Waals surface area contributed by atoms with Gasteiger partial charge in [-0.25, -0.2) is 4.89 Å².